The molecule has 0 bridgehead atoms. The molecule has 1 saturated heterocycles. The second kappa shape index (κ2) is 9.17. The summed E-state index contributed by atoms with van der Waals surface area (Å²) in [6, 6.07) is 6.35. The number of anilines is 1. The number of hydrogen-bond donors (Lipinski definition) is 0. The molecule has 168 valence electrons. The minimum Gasteiger partial charge on any atom is -0.347 e. The quantitative estimate of drug-likeness (QED) is 0.502. The summed E-state index contributed by atoms with van der Waals surface area (Å²) >= 11 is 0. The van der Waals surface area contributed by atoms with Gasteiger partial charge in [-0.3, -0.25) is 0 Å². The van der Waals surface area contributed by atoms with Crippen molar-refractivity contribution in [2.45, 2.75) is 77.2 Å². The predicted octanol–water partition coefficient (Wildman–Crippen LogP) is 6.83. The Hall–Kier alpha value is -2.11. The van der Waals surface area contributed by atoms with Crippen LogP contribution in [0.3, 0.4) is 0 Å². The third kappa shape index (κ3) is 5.04. The van der Waals surface area contributed by atoms with E-state index in [1.165, 1.54) is 44.1 Å². The van der Waals surface area contributed by atoms with Crippen LogP contribution in [0, 0.1) is 17.7 Å². The van der Waals surface area contributed by atoms with Crippen molar-refractivity contribution < 1.29 is 13.2 Å². The first-order chi connectivity index (χ1) is 14.8. The Labute approximate surface area is 183 Å². The molecule has 1 saturated carbocycles. The molecule has 6 heteroatoms. The van der Waals surface area contributed by atoms with E-state index >= 15 is 4.39 Å². The Kier molecular flexibility index (Phi) is 6.54. The molecule has 1 aliphatic heterocycles. The number of nitrogens with zero attached hydrogens (tertiary/aromatic N) is 3. The number of rotatable bonds is 6. The molecule has 0 amide bonds. The fourth-order valence-corrected chi connectivity index (χ4v) is 5.09. The van der Waals surface area contributed by atoms with Gasteiger partial charge in [0.05, 0.1) is 11.7 Å². The van der Waals surface area contributed by atoms with Crippen LogP contribution in [0.2, 0.25) is 0 Å². The fourth-order valence-electron chi connectivity index (χ4n) is 5.09. The van der Waals surface area contributed by atoms with E-state index in [-0.39, 0.29) is 17.4 Å². The Morgan fingerprint density at radius 2 is 1.74 bits per heavy atom. The van der Waals surface area contributed by atoms with Crippen LogP contribution in [0.15, 0.2) is 30.6 Å². The summed E-state index contributed by atoms with van der Waals surface area (Å²) < 4.78 is 42.5. The zero-order valence-electron chi connectivity index (χ0n) is 18.5. The van der Waals surface area contributed by atoms with Gasteiger partial charge in [0.15, 0.2) is 11.6 Å². The fraction of sp³-hybridized carbons (Fsp3) is 0.600. The van der Waals surface area contributed by atoms with Gasteiger partial charge in [0, 0.05) is 19.0 Å². The maximum Gasteiger partial charge on any atom is 0.270 e. The number of hydrogen-bond acceptors (Lipinski definition) is 3. The molecule has 2 aromatic rings. The summed E-state index contributed by atoms with van der Waals surface area (Å²) in [5, 5.41) is 0. The van der Waals surface area contributed by atoms with Gasteiger partial charge in [-0.05, 0) is 43.1 Å². The minimum absolute atomic E-state index is 0.00611. The summed E-state index contributed by atoms with van der Waals surface area (Å²) in [4.78, 5) is 10.5. The molecule has 2 aliphatic rings. The molecule has 0 radical (unpaired) electrons. The average molecular weight is 432 g/mol. The van der Waals surface area contributed by atoms with E-state index in [9.17, 15) is 8.78 Å². The SMILES string of the molecule is CC1CCC(CCc2ncnc(N3CCCC3c3ccc(C(C)(F)F)cc3)c2F)CC1. The first kappa shape index (κ1) is 22.1. The third-order valence-corrected chi connectivity index (χ3v) is 7.10. The maximum atomic E-state index is 15.4. The second-order valence-electron chi connectivity index (χ2n) is 9.48. The van der Waals surface area contributed by atoms with Crippen molar-refractivity contribution in [3.8, 4) is 0 Å². The van der Waals surface area contributed by atoms with Crippen molar-refractivity contribution in [2.24, 2.45) is 11.8 Å². The van der Waals surface area contributed by atoms with Gasteiger partial charge < -0.3 is 4.90 Å². The van der Waals surface area contributed by atoms with Gasteiger partial charge in [0.25, 0.3) is 5.92 Å². The molecule has 0 spiro atoms. The lowest BCUT2D eigenvalue weighted by Crippen LogP contribution is -2.25. The lowest BCUT2D eigenvalue weighted by atomic mass is 9.80. The molecule has 2 heterocycles. The van der Waals surface area contributed by atoms with E-state index in [0.29, 0.717) is 30.4 Å². The van der Waals surface area contributed by atoms with Crippen LogP contribution in [-0.2, 0) is 12.3 Å². The average Bonchev–Trinajstić information content (AvgIpc) is 3.23. The van der Waals surface area contributed by atoms with Gasteiger partial charge in [-0.15, -0.1) is 0 Å². The lowest BCUT2D eigenvalue weighted by Gasteiger charge is -2.28. The molecule has 4 rings (SSSR count). The molecule has 1 unspecified atom stereocenters. The maximum absolute atomic E-state index is 15.4. The van der Waals surface area contributed by atoms with E-state index in [1.54, 1.807) is 12.1 Å². The van der Waals surface area contributed by atoms with Crippen molar-refractivity contribution in [1.29, 1.82) is 0 Å². The monoisotopic (exact) mass is 431 g/mol. The zero-order valence-corrected chi connectivity index (χ0v) is 18.5. The minimum atomic E-state index is -2.86. The van der Waals surface area contributed by atoms with Gasteiger partial charge in [0.2, 0.25) is 0 Å². The van der Waals surface area contributed by atoms with Gasteiger partial charge in [-0.1, -0.05) is 56.9 Å². The summed E-state index contributed by atoms with van der Waals surface area (Å²) in [5.41, 5.74) is 1.41. The largest absolute Gasteiger partial charge is 0.347 e. The molecule has 1 aromatic heterocycles. The van der Waals surface area contributed by atoms with Crippen LogP contribution in [0.1, 0.15) is 81.7 Å². The molecule has 1 atom stereocenters. The van der Waals surface area contributed by atoms with Gasteiger partial charge in [-0.25, -0.2) is 23.1 Å². The Bertz CT molecular complexity index is 871. The standard InChI is InChI=1S/C25H32F3N3/c1-17-5-7-18(8-6-17)9-14-21-23(26)24(30-16-29-21)31-15-3-4-22(31)19-10-12-20(13-11-19)25(2,27)28/h10-13,16-18,22H,3-9,14-15H2,1-2H3. The van der Waals surface area contributed by atoms with Crippen LogP contribution in [0.4, 0.5) is 19.0 Å². The van der Waals surface area contributed by atoms with Crippen molar-refractivity contribution in [1.82, 2.24) is 9.97 Å². The van der Waals surface area contributed by atoms with E-state index in [1.807, 2.05) is 4.90 Å². The van der Waals surface area contributed by atoms with Crippen molar-refractivity contribution in [2.75, 3.05) is 11.4 Å². The van der Waals surface area contributed by atoms with Gasteiger partial charge in [0.1, 0.15) is 6.33 Å². The van der Waals surface area contributed by atoms with E-state index in [4.69, 9.17) is 0 Å². The normalized spacial score (nSPS) is 24.5. The Balaban J connectivity index is 1.48. The molecule has 31 heavy (non-hydrogen) atoms. The summed E-state index contributed by atoms with van der Waals surface area (Å²) in [5.74, 6) is -1.38. The van der Waals surface area contributed by atoms with E-state index < -0.39 is 5.92 Å². The molecule has 1 aromatic carbocycles. The second-order valence-corrected chi connectivity index (χ2v) is 9.48. The first-order valence-corrected chi connectivity index (χ1v) is 11.6. The Morgan fingerprint density at radius 3 is 2.42 bits per heavy atom. The van der Waals surface area contributed by atoms with Gasteiger partial charge >= 0.3 is 0 Å². The molecular formula is C25H32F3N3. The van der Waals surface area contributed by atoms with Gasteiger partial charge in [-0.2, -0.15) is 0 Å². The third-order valence-electron chi connectivity index (χ3n) is 7.10. The molecular weight excluding hydrogens is 399 g/mol. The number of aromatic nitrogens is 2. The summed E-state index contributed by atoms with van der Waals surface area (Å²) in [6.07, 6.45) is 9.81. The number of halogens is 3. The highest BCUT2D eigenvalue weighted by molar-refractivity contribution is 5.46. The molecule has 1 aliphatic carbocycles. The van der Waals surface area contributed by atoms with Crippen molar-refractivity contribution >= 4 is 5.82 Å². The van der Waals surface area contributed by atoms with Crippen LogP contribution in [-0.4, -0.2) is 16.5 Å². The predicted molar refractivity (Wildman–Crippen MR) is 117 cm³/mol. The number of alkyl halides is 2. The highest BCUT2D eigenvalue weighted by Gasteiger charge is 2.31. The van der Waals surface area contributed by atoms with Crippen molar-refractivity contribution in [3.63, 3.8) is 0 Å². The van der Waals surface area contributed by atoms with Crippen LogP contribution in [0.25, 0.3) is 0 Å². The number of aryl methyl sites for hydroxylation is 1. The van der Waals surface area contributed by atoms with E-state index in [2.05, 4.69) is 16.9 Å². The number of benzene rings is 1. The molecule has 0 N–H and O–H groups in total. The molecule has 2 fully saturated rings. The molecule has 3 nitrogen and oxygen atoms in total. The first-order valence-electron chi connectivity index (χ1n) is 11.6. The highest BCUT2D eigenvalue weighted by atomic mass is 19.3. The smallest absolute Gasteiger partial charge is 0.270 e. The van der Waals surface area contributed by atoms with Crippen LogP contribution in [0.5, 0.6) is 0 Å². The van der Waals surface area contributed by atoms with Crippen molar-refractivity contribution in [3.05, 3.63) is 53.2 Å². The van der Waals surface area contributed by atoms with Crippen LogP contribution >= 0.6 is 0 Å². The Morgan fingerprint density at radius 1 is 1.03 bits per heavy atom. The highest BCUT2D eigenvalue weighted by Crippen LogP contribution is 2.38. The summed E-state index contributed by atoms with van der Waals surface area (Å²) in [6.45, 7) is 3.90. The van der Waals surface area contributed by atoms with Crippen LogP contribution < -0.4 is 4.90 Å². The van der Waals surface area contributed by atoms with E-state index in [0.717, 1.165) is 37.7 Å². The summed E-state index contributed by atoms with van der Waals surface area (Å²) in [7, 11) is 0. The lowest BCUT2D eigenvalue weighted by molar-refractivity contribution is 0.0174. The zero-order chi connectivity index (χ0) is 22.0. The topological polar surface area (TPSA) is 29.0 Å².